The fourth-order valence-electron chi connectivity index (χ4n) is 3.08. The Kier molecular flexibility index (Phi) is 4.38. The quantitative estimate of drug-likeness (QED) is 0.463. The van der Waals surface area contributed by atoms with Gasteiger partial charge in [0, 0.05) is 11.3 Å². The smallest absolute Gasteiger partial charge is 0.255 e. The van der Waals surface area contributed by atoms with Crippen LogP contribution in [0.25, 0.3) is 20.8 Å². The van der Waals surface area contributed by atoms with Crippen molar-refractivity contribution in [3.05, 3.63) is 77.4 Å². The highest BCUT2D eigenvalue weighted by Gasteiger charge is 2.13. The largest absolute Gasteiger partial charge is 0.507 e. The molecule has 0 unspecified atom stereocenters. The lowest BCUT2D eigenvalue weighted by Crippen LogP contribution is -2.12. The van der Waals surface area contributed by atoms with E-state index in [4.69, 9.17) is 0 Å². The lowest BCUT2D eigenvalue weighted by molar-refractivity contribution is 0.102. The maximum atomic E-state index is 12.6. The SMILES string of the molecule is Cc1cc(C)cc(C(=O)Nc2ccc(O)c(-c3nc4ccccc4s3)c2)c1. The Morgan fingerprint density at radius 1 is 1.00 bits per heavy atom. The van der Waals surface area contributed by atoms with Gasteiger partial charge in [0.25, 0.3) is 5.91 Å². The van der Waals surface area contributed by atoms with E-state index in [0.29, 0.717) is 16.8 Å². The van der Waals surface area contributed by atoms with E-state index in [-0.39, 0.29) is 11.7 Å². The van der Waals surface area contributed by atoms with Gasteiger partial charge in [0.05, 0.1) is 15.8 Å². The third kappa shape index (κ3) is 3.55. The number of aryl methyl sites for hydroxylation is 2. The molecule has 0 atom stereocenters. The number of aromatic nitrogens is 1. The summed E-state index contributed by atoms with van der Waals surface area (Å²) in [6, 6.07) is 18.6. The van der Waals surface area contributed by atoms with Gasteiger partial charge in [0.1, 0.15) is 10.8 Å². The highest BCUT2D eigenvalue weighted by atomic mass is 32.1. The zero-order chi connectivity index (χ0) is 19.0. The molecular weight excluding hydrogens is 356 g/mol. The molecule has 5 heteroatoms. The van der Waals surface area contributed by atoms with Gasteiger partial charge in [0.2, 0.25) is 0 Å². The number of fused-ring (bicyclic) bond motifs is 1. The van der Waals surface area contributed by atoms with Crippen molar-refractivity contribution < 1.29 is 9.90 Å². The second-order valence-corrected chi connectivity index (χ2v) is 7.58. The van der Waals surface area contributed by atoms with Gasteiger partial charge >= 0.3 is 0 Å². The molecule has 0 fully saturated rings. The number of carbonyl (C=O) groups is 1. The van der Waals surface area contributed by atoms with Crippen LogP contribution in [0.5, 0.6) is 5.75 Å². The van der Waals surface area contributed by atoms with E-state index in [1.165, 1.54) is 11.3 Å². The third-order valence-corrected chi connectivity index (χ3v) is 5.33. The maximum Gasteiger partial charge on any atom is 0.255 e. The van der Waals surface area contributed by atoms with Crippen molar-refractivity contribution >= 4 is 33.1 Å². The van der Waals surface area contributed by atoms with E-state index in [0.717, 1.165) is 26.4 Å². The van der Waals surface area contributed by atoms with Crippen LogP contribution in [0.15, 0.2) is 60.7 Å². The number of hydrogen-bond donors (Lipinski definition) is 2. The summed E-state index contributed by atoms with van der Waals surface area (Å²) < 4.78 is 1.05. The molecule has 0 spiro atoms. The Balaban J connectivity index is 1.66. The van der Waals surface area contributed by atoms with E-state index in [9.17, 15) is 9.90 Å². The van der Waals surface area contributed by atoms with Crippen molar-refractivity contribution in [3.8, 4) is 16.3 Å². The summed E-state index contributed by atoms with van der Waals surface area (Å²) in [4.78, 5) is 17.2. The predicted molar refractivity (Wildman–Crippen MR) is 111 cm³/mol. The lowest BCUT2D eigenvalue weighted by atomic mass is 10.1. The van der Waals surface area contributed by atoms with Crippen LogP contribution >= 0.6 is 11.3 Å². The van der Waals surface area contributed by atoms with E-state index < -0.39 is 0 Å². The molecule has 1 aromatic heterocycles. The van der Waals surface area contributed by atoms with Gasteiger partial charge in [0.15, 0.2) is 0 Å². The molecule has 4 aromatic rings. The van der Waals surface area contributed by atoms with Crippen LogP contribution in [0.2, 0.25) is 0 Å². The van der Waals surface area contributed by atoms with Crippen molar-refractivity contribution in [1.82, 2.24) is 4.98 Å². The summed E-state index contributed by atoms with van der Waals surface area (Å²) in [5, 5.41) is 13.9. The minimum atomic E-state index is -0.178. The first-order valence-corrected chi connectivity index (χ1v) is 9.40. The fourth-order valence-corrected chi connectivity index (χ4v) is 4.07. The lowest BCUT2D eigenvalue weighted by Gasteiger charge is -2.09. The normalized spacial score (nSPS) is 10.9. The molecule has 4 rings (SSSR count). The van der Waals surface area contributed by atoms with Crippen LogP contribution in [-0.2, 0) is 0 Å². The second-order valence-electron chi connectivity index (χ2n) is 6.55. The highest BCUT2D eigenvalue weighted by molar-refractivity contribution is 7.21. The number of nitrogens with zero attached hydrogens (tertiary/aromatic N) is 1. The van der Waals surface area contributed by atoms with Gasteiger partial charge < -0.3 is 10.4 Å². The average Bonchev–Trinajstić information content (AvgIpc) is 3.06. The molecule has 0 saturated heterocycles. The Morgan fingerprint density at radius 3 is 2.48 bits per heavy atom. The predicted octanol–water partition coefficient (Wildman–Crippen LogP) is 5.54. The standard InChI is InChI=1S/C22H18N2O2S/c1-13-9-14(2)11-15(10-13)21(26)23-16-7-8-19(25)17(12-16)22-24-18-5-3-4-6-20(18)27-22/h3-12,25H,1-2H3,(H,23,26). The van der Waals surface area contributed by atoms with E-state index in [1.807, 2.05) is 56.3 Å². The summed E-state index contributed by atoms with van der Waals surface area (Å²) in [5.74, 6) is -0.0406. The second kappa shape index (κ2) is 6.85. The molecule has 0 bridgehead atoms. The fraction of sp³-hybridized carbons (Fsp3) is 0.0909. The van der Waals surface area contributed by atoms with Crippen LogP contribution in [0.1, 0.15) is 21.5 Å². The summed E-state index contributed by atoms with van der Waals surface area (Å²) in [7, 11) is 0. The molecule has 2 N–H and O–H groups in total. The van der Waals surface area contributed by atoms with Crippen molar-refractivity contribution in [2.24, 2.45) is 0 Å². The summed E-state index contributed by atoms with van der Waals surface area (Å²) in [6.45, 7) is 3.94. The van der Waals surface area contributed by atoms with Crippen LogP contribution in [0.3, 0.4) is 0 Å². The van der Waals surface area contributed by atoms with Crippen LogP contribution < -0.4 is 5.32 Å². The van der Waals surface area contributed by atoms with Crippen molar-refractivity contribution in [3.63, 3.8) is 0 Å². The van der Waals surface area contributed by atoms with E-state index in [1.54, 1.807) is 18.2 Å². The zero-order valence-corrected chi connectivity index (χ0v) is 15.8. The average molecular weight is 374 g/mol. The van der Waals surface area contributed by atoms with Gasteiger partial charge in [-0.2, -0.15) is 0 Å². The van der Waals surface area contributed by atoms with Crippen molar-refractivity contribution in [1.29, 1.82) is 0 Å². The topological polar surface area (TPSA) is 62.2 Å². The Hall–Kier alpha value is -3.18. The number of phenols is 1. The third-order valence-electron chi connectivity index (χ3n) is 4.26. The number of anilines is 1. The molecule has 3 aromatic carbocycles. The molecule has 1 amide bonds. The Labute approximate surface area is 161 Å². The molecule has 0 radical (unpaired) electrons. The highest BCUT2D eigenvalue weighted by Crippen LogP contribution is 2.36. The van der Waals surface area contributed by atoms with Crippen LogP contribution in [-0.4, -0.2) is 16.0 Å². The number of para-hydroxylation sites is 1. The van der Waals surface area contributed by atoms with E-state index >= 15 is 0 Å². The molecule has 0 aliphatic carbocycles. The Morgan fingerprint density at radius 2 is 1.74 bits per heavy atom. The molecule has 4 nitrogen and oxygen atoms in total. The minimum Gasteiger partial charge on any atom is -0.507 e. The molecule has 0 aliphatic rings. The number of hydrogen-bond acceptors (Lipinski definition) is 4. The summed E-state index contributed by atoms with van der Waals surface area (Å²) >= 11 is 1.51. The van der Waals surface area contributed by atoms with Gasteiger partial charge in [-0.25, -0.2) is 4.98 Å². The molecular formula is C22H18N2O2S. The van der Waals surface area contributed by atoms with Crippen molar-refractivity contribution in [2.45, 2.75) is 13.8 Å². The van der Waals surface area contributed by atoms with Crippen molar-refractivity contribution in [2.75, 3.05) is 5.32 Å². The number of amides is 1. The van der Waals surface area contributed by atoms with Gasteiger partial charge in [-0.1, -0.05) is 29.3 Å². The molecule has 134 valence electrons. The number of phenolic OH excluding ortho intramolecular Hbond substituents is 1. The molecule has 0 saturated carbocycles. The Bertz CT molecular complexity index is 1110. The summed E-state index contributed by atoms with van der Waals surface area (Å²) in [6.07, 6.45) is 0. The van der Waals surface area contributed by atoms with Gasteiger partial charge in [-0.15, -0.1) is 11.3 Å². The maximum absolute atomic E-state index is 12.6. The first-order valence-electron chi connectivity index (χ1n) is 8.58. The molecule has 27 heavy (non-hydrogen) atoms. The minimum absolute atomic E-state index is 0.137. The number of rotatable bonds is 3. The van der Waals surface area contributed by atoms with Gasteiger partial charge in [-0.05, 0) is 56.3 Å². The number of thiazole rings is 1. The molecule has 0 aliphatic heterocycles. The van der Waals surface area contributed by atoms with Gasteiger partial charge in [-0.3, -0.25) is 4.79 Å². The number of benzene rings is 3. The van der Waals surface area contributed by atoms with E-state index in [2.05, 4.69) is 10.3 Å². The summed E-state index contributed by atoms with van der Waals surface area (Å²) in [5.41, 5.74) is 4.81. The van der Waals surface area contributed by atoms with Crippen LogP contribution in [0, 0.1) is 13.8 Å². The zero-order valence-electron chi connectivity index (χ0n) is 15.0. The number of nitrogens with one attached hydrogen (secondary N) is 1. The first-order chi connectivity index (χ1) is 13.0. The molecule has 1 heterocycles. The first kappa shape index (κ1) is 17.2. The number of carbonyl (C=O) groups excluding carboxylic acids is 1. The monoisotopic (exact) mass is 374 g/mol. The number of aromatic hydroxyl groups is 1. The van der Waals surface area contributed by atoms with Crippen LogP contribution in [0.4, 0.5) is 5.69 Å².